The summed E-state index contributed by atoms with van der Waals surface area (Å²) >= 11 is 1.66. The molecule has 8 heteroatoms. The van der Waals surface area contributed by atoms with E-state index in [9.17, 15) is 0 Å². The molecule has 2 N–H and O–H groups in total. The summed E-state index contributed by atoms with van der Waals surface area (Å²) in [6.07, 6.45) is -0.0489. The van der Waals surface area contributed by atoms with E-state index >= 15 is 0 Å². The van der Waals surface area contributed by atoms with Gasteiger partial charge in [0.15, 0.2) is 17.5 Å². The minimum Gasteiger partial charge on any atom is -0.493 e. The predicted molar refractivity (Wildman–Crippen MR) is 128 cm³/mol. The lowest BCUT2D eigenvalue weighted by atomic mass is 9.93. The number of para-hydroxylation sites is 2. The molecule has 28 heavy (non-hydrogen) atoms. The lowest BCUT2D eigenvalue weighted by Gasteiger charge is -2.19. The molecule has 2 rings (SSSR count). The summed E-state index contributed by atoms with van der Waals surface area (Å²) in [5.74, 6) is 2.18. The first-order valence-corrected chi connectivity index (χ1v) is 9.90. The van der Waals surface area contributed by atoms with Crippen LogP contribution in [0.5, 0.6) is 11.5 Å². The molecule has 0 saturated carbocycles. The number of halogens is 1. The van der Waals surface area contributed by atoms with Gasteiger partial charge in [-0.3, -0.25) is 4.99 Å². The number of ether oxygens (including phenoxy) is 2. The summed E-state index contributed by atoms with van der Waals surface area (Å²) < 4.78 is 11.3. The highest BCUT2D eigenvalue weighted by molar-refractivity contribution is 14.0. The molecule has 1 aromatic heterocycles. The number of nitrogens with zero attached hydrogens (tertiary/aromatic N) is 2. The number of guanidine groups is 1. The van der Waals surface area contributed by atoms with Crippen molar-refractivity contribution < 1.29 is 9.47 Å². The van der Waals surface area contributed by atoms with E-state index in [-0.39, 0.29) is 35.5 Å². The van der Waals surface area contributed by atoms with E-state index in [0.717, 1.165) is 28.2 Å². The minimum atomic E-state index is -0.0489. The number of nitrogens with one attached hydrogen (secondary N) is 2. The molecule has 2 aromatic rings. The van der Waals surface area contributed by atoms with Crippen LogP contribution < -0.4 is 20.1 Å². The van der Waals surface area contributed by atoms with Crippen LogP contribution in [0.25, 0.3) is 0 Å². The smallest absolute Gasteiger partial charge is 0.191 e. The Morgan fingerprint density at radius 1 is 1.21 bits per heavy atom. The van der Waals surface area contributed by atoms with E-state index in [1.54, 1.807) is 25.5 Å². The largest absolute Gasteiger partial charge is 0.493 e. The van der Waals surface area contributed by atoms with Crippen LogP contribution in [-0.4, -0.2) is 37.7 Å². The van der Waals surface area contributed by atoms with Crippen LogP contribution >= 0.6 is 35.3 Å². The molecule has 1 atom stereocenters. The molecule has 0 radical (unpaired) electrons. The second kappa shape index (κ2) is 11.5. The fraction of sp³-hybridized carbons (Fsp3) is 0.500. The van der Waals surface area contributed by atoms with Gasteiger partial charge in [0.2, 0.25) is 0 Å². The first-order valence-electron chi connectivity index (χ1n) is 9.02. The lowest BCUT2D eigenvalue weighted by molar-refractivity contribution is 0.213. The van der Waals surface area contributed by atoms with Gasteiger partial charge in [-0.15, -0.1) is 35.3 Å². The minimum absolute atomic E-state index is 0. The van der Waals surface area contributed by atoms with Gasteiger partial charge in [0.25, 0.3) is 0 Å². The van der Waals surface area contributed by atoms with E-state index in [1.165, 1.54) is 0 Å². The average Bonchev–Trinajstić information content (AvgIpc) is 3.12. The third-order valence-electron chi connectivity index (χ3n) is 3.91. The van der Waals surface area contributed by atoms with Crippen molar-refractivity contribution in [3.63, 3.8) is 0 Å². The average molecular weight is 518 g/mol. The van der Waals surface area contributed by atoms with Crippen molar-refractivity contribution >= 4 is 41.3 Å². The zero-order valence-electron chi connectivity index (χ0n) is 17.4. The van der Waals surface area contributed by atoms with Gasteiger partial charge in [-0.2, -0.15) is 0 Å². The van der Waals surface area contributed by atoms with Gasteiger partial charge in [-0.25, -0.2) is 4.98 Å². The van der Waals surface area contributed by atoms with Crippen molar-refractivity contribution in [2.45, 2.75) is 45.8 Å². The Morgan fingerprint density at radius 2 is 1.89 bits per heavy atom. The normalized spacial score (nSPS) is 12.7. The highest BCUT2D eigenvalue weighted by Crippen LogP contribution is 2.26. The van der Waals surface area contributed by atoms with Gasteiger partial charge in [-0.05, 0) is 19.1 Å². The molecular weight excluding hydrogens is 487 g/mol. The first-order chi connectivity index (χ1) is 12.8. The van der Waals surface area contributed by atoms with Gasteiger partial charge < -0.3 is 20.1 Å². The number of methoxy groups -OCH3 is 1. The Kier molecular flexibility index (Phi) is 10.0. The van der Waals surface area contributed by atoms with Crippen molar-refractivity contribution in [2.24, 2.45) is 4.99 Å². The Balaban J connectivity index is 0.00000392. The predicted octanol–water partition coefficient (Wildman–Crippen LogP) is 4.20. The fourth-order valence-corrected chi connectivity index (χ4v) is 3.29. The number of thiazole rings is 1. The SMILES string of the molecule is CN=C(NCc1nc(C(C)(C)C)cs1)NCC(C)Oc1ccccc1OC.I. The number of rotatable bonds is 7. The van der Waals surface area contributed by atoms with Gasteiger partial charge in [0.1, 0.15) is 11.1 Å². The van der Waals surface area contributed by atoms with Crippen LogP contribution in [0.1, 0.15) is 38.4 Å². The maximum Gasteiger partial charge on any atom is 0.191 e. The van der Waals surface area contributed by atoms with Gasteiger partial charge in [0, 0.05) is 17.8 Å². The molecule has 1 unspecified atom stereocenters. The number of aromatic nitrogens is 1. The molecule has 156 valence electrons. The van der Waals surface area contributed by atoms with E-state index < -0.39 is 0 Å². The molecule has 0 aliphatic rings. The number of hydrogen-bond donors (Lipinski definition) is 2. The third kappa shape index (κ3) is 7.46. The molecule has 0 aliphatic heterocycles. The van der Waals surface area contributed by atoms with Crippen molar-refractivity contribution in [2.75, 3.05) is 20.7 Å². The van der Waals surface area contributed by atoms with Crippen LogP contribution in [0.15, 0.2) is 34.6 Å². The summed E-state index contributed by atoms with van der Waals surface area (Å²) in [6, 6.07) is 7.63. The molecule has 0 spiro atoms. The monoisotopic (exact) mass is 518 g/mol. The van der Waals surface area contributed by atoms with Crippen LogP contribution in [0, 0.1) is 0 Å². The molecule has 0 saturated heterocycles. The molecular formula is C20H31IN4O2S. The van der Waals surface area contributed by atoms with Crippen LogP contribution in [0.3, 0.4) is 0 Å². The molecule has 6 nitrogen and oxygen atoms in total. The number of aliphatic imine (C=N–C) groups is 1. The molecule has 0 aliphatic carbocycles. The molecule has 1 heterocycles. The summed E-state index contributed by atoms with van der Waals surface area (Å²) in [7, 11) is 3.39. The summed E-state index contributed by atoms with van der Waals surface area (Å²) in [4.78, 5) is 8.96. The van der Waals surface area contributed by atoms with Gasteiger partial charge in [-0.1, -0.05) is 32.9 Å². The van der Waals surface area contributed by atoms with E-state index in [2.05, 4.69) is 41.8 Å². The Labute approximate surface area is 189 Å². The third-order valence-corrected chi connectivity index (χ3v) is 4.75. The zero-order valence-corrected chi connectivity index (χ0v) is 20.6. The quantitative estimate of drug-likeness (QED) is 0.327. The highest BCUT2D eigenvalue weighted by Gasteiger charge is 2.17. The van der Waals surface area contributed by atoms with Crippen LogP contribution in [0.2, 0.25) is 0 Å². The maximum atomic E-state index is 5.95. The zero-order chi connectivity index (χ0) is 19.9. The van der Waals surface area contributed by atoms with Crippen molar-refractivity contribution in [1.82, 2.24) is 15.6 Å². The summed E-state index contributed by atoms with van der Waals surface area (Å²) in [5, 5.41) is 9.75. The Morgan fingerprint density at radius 3 is 2.46 bits per heavy atom. The van der Waals surface area contributed by atoms with Crippen molar-refractivity contribution in [1.29, 1.82) is 0 Å². The Bertz CT molecular complexity index is 759. The number of hydrogen-bond acceptors (Lipinski definition) is 5. The lowest BCUT2D eigenvalue weighted by Crippen LogP contribution is -2.41. The van der Waals surface area contributed by atoms with E-state index in [1.807, 2.05) is 31.2 Å². The van der Waals surface area contributed by atoms with Crippen LogP contribution in [0.4, 0.5) is 0 Å². The molecule has 0 bridgehead atoms. The molecule has 0 amide bonds. The van der Waals surface area contributed by atoms with Crippen molar-refractivity contribution in [3.05, 3.63) is 40.3 Å². The van der Waals surface area contributed by atoms with Crippen molar-refractivity contribution in [3.8, 4) is 11.5 Å². The molecule has 0 fully saturated rings. The standard InChI is InChI=1S/C20H30N4O2S.HI/c1-14(26-16-10-8-7-9-15(16)25-6)11-22-19(21-5)23-12-18-24-17(13-27-18)20(2,3)4;/h7-10,13-14H,11-12H2,1-6H3,(H2,21,22,23);1H. The summed E-state index contributed by atoms with van der Waals surface area (Å²) in [6.45, 7) is 9.77. The number of benzene rings is 1. The summed E-state index contributed by atoms with van der Waals surface area (Å²) in [5.41, 5.74) is 1.19. The van der Waals surface area contributed by atoms with Crippen LogP contribution in [-0.2, 0) is 12.0 Å². The van der Waals surface area contributed by atoms with E-state index in [4.69, 9.17) is 14.5 Å². The highest BCUT2D eigenvalue weighted by atomic mass is 127. The fourth-order valence-electron chi connectivity index (χ4n) is 2.33. The van der Waals surface area contributed by atoms with Gasteiger partial charge >= 0.3 is 0 Å². The topological polar surface area (TPSA) is 67.8 Å². The second-order valence-corrected chi connectivity index (χ2v) is 8.21. The Hall–Kier alpha value is -1.55. The first kappa shape index (κ1) is 24.5. The maximum absolute atomic E-state index is 5.95. The van der Waals surface area contributed by atoms with Gasteiger partial charge in [0.05, 0.1) is 25.9 Å². The molecule has 1 aromatic carbocycles. The second-order valence-electron chi connectivity index (χ2n) is 7.26. The van der Waals surface area contributed by atoms with E-state index in [0.29, 0.717) is 13.1 Å².